The first-order valence-corrected chi connectivity index (χ1v) is 9.24. The van der Waals surface area contributed by atoms with Crippen LogP contribution in [0.3, 0.4) is 0 Å². The molecule has 1 saturated heterocycles. The lowest BCUT2D eigenvalue weighted by Crippen LogP contribution is -2.32. The first kappa shape index (κ1) is 20.3. The van der Waals surface area contributed by atoms with Crippen molar-refractivity contribution < 1.29 is 18.9 Å². The van der Waals surface area contributed by atoms with Gasteiger partial charge in [0.1, 0.15) is 0 Å². The van der Waals surface area contributed by atoms with Gasteiger partial charge in [-0.25, -0.2) is 0 Å². The minimum atomic E-state index is 0.284. The van der Waals surface area contributed by atoms with E-state index in [1.54, 1.807) is 14.2 Å². The quantitative estimate of drug-likeness (QED) is 0.377. The molecule has 1 atom stereocenters. The average Bonchev–Trinajstić information content (AvgIpc) is 3.17. The first-order valence-electron chi connectivity index (χ1n) is 9.24. The van der Waals surface area contributed by atoms with Crippen molar-refractivity contribution in [2.75, 3.05) is 52.4 Å². The first-order chi connectivity index (χ1) is 12.8. The van der Waals surface area contributed by atoms with Crippen LogP contribution in [0.1, 0.15) is 26.2 Å². The molecule has 0 radical (unpaired) electrons. The van der Waals surface area contributed by atoms with Crippen molar-refractivity contribution in [1.82, 2.24) is 5.32 Å². The second-order valence-corrected chi connectivity index (χ2v) is 5.99. The van der Waals surface area contributed by atoms with Crippen molar-refractivity contribution in [2.24, 2.45) is 4.99 Å². The number of rotatable bonds is 10. The molecule has 1 aliphatic heterocycles. The number of hydrogen-bond donors (Lipinski definition) is 2. The summed E-state index contributed by atoms with van der Waals surface area (Å²) in [5.74, 6) is 2.12. The number of methoxy groups -OCH3 is 1. The van der Waals surface area contributed by atoms with E-state index in [4.69, 9.17) is 18.9 Å². The van der Waals surface area contributed by atoms with Crippen LogP contribution in [0, 0.1) is 0 Å². The molecule has 0 bridgehead atoms. The van der Waals surface area contributed by atoms with Crippen LogP contribution >= 0.6 is 0 Å². The lowest BCUT2D eigenvalue weighted by molar-refractivity contribution is 0.0168. The minimum absolute atomic E-state index is 0.284. The van der Waals surface area contributed by atoms with Crippen LogP contribution in [0.4, 0.5) is 5.69 Å². The molecule has 1 aliphatic rings. The smallest absolute Gasteiger partial charge is 0.195 e. The van der Waals surface area contributed by atoms with Gasteiger partial charge in [-0.1, -0.05) is 0 Å². The molecule has 1 unspecified atom stereocenters. The highest BCUT2D eigenvalue weighted by molar-refractivity contribution is 5.93. The summed E-state index contributed by atoms with van der Waals surface area (Å²) in [4.78, 5) is 4.24. The predicted molar refractivity (Wildman–Crippen MR) is 104 cm³/mol. The molecule has 0 saturated carbocycles. The SMILES string of the molecule is CCOc1cc(NC(=NC)NCCCOCC2CCCO2)ccc1OC. The van der Waals surface area contributed by atoms with Crippen molar-refractivity contribution in [3.05, 3.63) is 18.2 Å². The summed E-state index contributed by atoms with van der Waals surface area (Å²) in [7, 11) is 3.38. The van der Waals surface area contributed by atoms with E-state index in [1.807, 2.05) is 25.1 Å². The van der Waals surface area contributed by atoms with E-state index in [0.717, 1.165) is 38.1 Å². The van der Waals surface area contributed by atoms with Crippen LogP contribution in [-0.2, 0) is 9.47 Å². The van der Waals surface area contributed by atoms with Gasteiger partial charge in [-0.15, -0.1) is 0 Å². The van der Waals surface area contributed by atoms with Crippen LogP contribution < -0.4 is 20.1 Å². The molecule has 2 rings (SSSR count). The summed E-state index contributed by atoms with van der Waals surface area (Å²) < 4.78 is 22.1. The van der Waals surface area contributed by atoms with Gasteiger partial charge >= 0.3 is 0 Å². The van der Waals surface area contributed by atoms with E-state index in [2.05, 4.69) is 15.6 Å². The van der Waals surface area contributed by atoms with Crippen LogP contribution in [-0.4, -0.2) is 59.2 Å². The Kier molecular flexibility index (Phi) is 9.06. The molecule has 0 aromatic heterocycles. The maximum absolute atomic E-state index is 5.66. The van der Waals surface area contributed by atoms with Crippen LogP contribution in [0.5, 0.6) is 11.5 Å². The highest BCUT2D eigenvalue weighted by Gasteiger charge is 2.14. The van der Waals surface area contributed by atoms with Crippen molar-refractivity contribution in [3.63, 3.8) is 0 Å². The maximum Gasteiger partial charge on any atom is 0.195 e. The molecule has 7 nitrogen and oxygen atoms in total. The fraction of sp³-hybridized carbons (Fsp3) is 0.632. The largest absolute Gasteiger partial charge is 0.493 e. The molecule has 26 heavy (non-hydrogen) atoms. The average molecular weight is 365 g/mol. The number of anilines is 1. The minimum Gasteiger partial charge on any atom is -0.493 e. The Morgan fingerprint density at radius 2 is 2.23 bits per heavy atom. The lowest BCUT2D eigenvalue weighted by atomic mass is 10.2. The Morgan fingerprint density at radius 1 is 1.35 bits per heavy atom. The van der Waals surface area contributed by atoms with Crippen molar-refractivity contribution in [2.45, 2.75) is 32.3 Å². The summed E-state index contributed by atoms with van der Waals surface area (Å²) in [5, 5.41) is 6.54. The van der Waals surface area contributed by atoms with E-state index < -0.39 is 0 Å². The maximum atomic E-state index is 5.66. The van der Waals surface area contributed by atoms with Gasteiger partial charge in [0.2, 0.25) is 0 Å². The number of guanidine groups is 1. The zero-order valence-corrected chi connectivity index (χ0v) is 16.0. The fourth-order valence-electron chi connectivity index (χ4n) is 2.71. The van der Waals surface area contributed by atoms with E-state index in [-0.39, 0.29) is 6.10 Å². The number of nitrogens with one attached hydrogen (secondary N) is 2. The van der Waals surface area contributed by atoms with Gasteiger partial charge in [-0.2, -0.15) is 0 Å². The Labute approximate surface area is 156 Å². The summed E-state index contributed by atoms with van der Waals surface area (Å²) in [6, 6.07) is 5.71. The molecular formula is C19H31N3O4. The second kappa shape index (κ2) is 11.6. The number of aliphatic imine (C=N–C) groups is 1. The van der Waals surface area contributed by atoms with Crippen LogP contribution in [0.15, 0.2) is 23.2 Å². The van der Waals surface area contributed by atoms with Gasteiger partial charge in [0, 0.05) is 38.6 Å². The van der Waals surface area contributed by atoms with Gasteiger partial charge in [-0.05, 0) is 38.3 Å². The summed E-state index contributed by atoms with van der Waals surface area (Å²) in [5.41, 5.74) is 0.886. The lowest BCUT2D eigenvalue weighted by Gasteiger charge is -2.15. The zero-order chi connectivity index (χ0) is 18.6. The fourth-order valence-corrected chi connectivity index (χ4v) is 2.71. The monoisotopic (exact) mass is 365 g/mol. The molecule has 0 spiro atoms. The molecule has 2 N–H and O–H groups in total. The summed E-state index contributed by atoms with van der Waals surface area (Å²) in [6.07, 6.45) is 3.45. The number of benzene rings is 1. The molecular weight excluding hydrogens is 334 g/mol. The van der Waals surface area contributed by atoms with E-state index in [1.165, 1.54) is 0 Å². The normalized spacial score (nSPS) is 17.2. The molecule has 1 fully saturated rings. The number of hydrogen-bond acceptors (Lipinski definition) is 5. The van der Waals surface area contributed by atoms with Crippen LogP contribution in [0.2, 0.25) is 0 Å². The summed E-state index contributed by atoms with van der Waals surface area (Å²) in [6.45, 7) is 5.58. The van der Waals surface area contributed by atoms with Gasteiger partial charge < -0.3 is 29.6 Å². The third kappa shape index (κ3) is 6.72. The molecule has 1 heterocycles. The Bertz CT molecular complexity index is 560. The Morgan fingerprint density at radius 3 is 2.92 bits per heavy atom. The Balaban J connectivity index is 1.70. The van der Waals surface area contributed by atoms with Gasteiger partial charge in [0.05, 0.1) is 26.4 Å². The van der Waals surface area contributed by atoms with E-state index >= 15 is 0 Å². The van der Waals surface area contributed by atoms with Crippen molar-refractivity contribution in [1.29, 1.82) is 0 Å². The standard InChI is InChI=1S/C19H31N3O4/c1-4-25-18-13-15(8-9-17(18)23-3)22-19(20-2)21-10-6-11-24-14-16-7-5-12-26-16/h8-9,13,16H,4-7,10-12,14H2,1-3H3,(H2,20,21,22). The third-order valence-corrected chi connectivity index (χ3v) is 4.04. The van der Waals surface area contributed by atoms with Gasteiger partial charge in [-0.3, -0.25) is 4.99 Å². The third-order valence-electron chi connectivity index (χ3n) is 4.04. The second-order valence-electron chi connectivity index (χ2n) is 5.99. The molecule has 0 aliphatic carbocycles. The van der Waals surface area contributed by atoms with E-state index in [9.17, 15) is 0 Å². The predicted octanol–water partition coefficient (Wildman–Crippen LogP) is 2.67. The molecule has 1 aromatic rings. The van der Waals surface area contributed by atoms with Crippen molar-refractivity contribution in [3.8, 4) is 11.5 Å². The topological polar surface area (TPSA) is 73.3 Å². The van der Waals surface area contributed by atoms with Gasteiger partial charge in [0.15, 0.2) is 17.5 Å². The Hall–Kier alpha value is -1.99. The van der Waals surface area contributed by atoms with Gasteiger partial charge in [0.25, 0.3) is 0 Å². The highest BCUT2D eigenvalue weighted by atomic mass is 16.5. The van der Waals surface area contributed by atoms with Crippen LogP contribution in [0.25, 0.3) is 0 Å². The molecule has 0 amide bonds. The molecule has 7 heteroatoms. The number of nitrogens with zero attached hydrogens (tertiary/aromatic N) is 1. The summed E-state index contributed by atoms with van der Waals surface area (Å²) >= 11 is 0. The zero-order valence-electron chi connectivity index (χ0n) is 16.0. The molecule has 1 aromatic carbocycles. The molecule has 146 valence electrons. The van der Waals surface area contributed by atoms with Crippen molar-refractivity contribution >= 4 is 11.6 Å². The van der Waals surface area contributed by atoms with E-state index in [0.29, 0.717) is 37.3 Å². The highest BCUT2D eigenvalue weighted by Crippen LogP contribution is 2.30. The number of ether oxygens (including phenoxy) is 4.